The third kappa shape index (κ3) is 4.54. The van der Waals surface area contributed by atoms with Gasteiger partial charge in [-0.2, -0.15) is 0 Å². The number of carbonyl (C=O) groups excluding carboxylic acids is 1. The Bertz CT molecular complexity index is 771. The molecule has 1 heterocycles. The number of hydrogen-bond donors (Lipinski definition) is 1. The standard InChI is InChI=1S/C18H20ClNO5/c1-4-15(25-16-8-6-5-7-14(16)19)17(21)20(3)10-12-9-13(18(22)23)11(2)24-12/h5-9,15H,4,10H2,1-3H3,(H,22,23). The largest absolute Gasteiger partial charge is 0.479 e. The van der Waals surface area contributed by atoms with E-state index >= 15 is 0 Å². The average molecular weight is 366 g/mol. The number of likely N-dealkylation sites (N-methyl/N-ethyl adjacent to an activating group) is 1. The number of rotatable bonds is 7. The van der Waals surface area contributed by atoms with Crippen molar-refractivity contribution in [2.75, 3.05) is 7.05 Å². The van der Waals surface area contributed by atoms with E-state index in [1.165, 1.54) is 11.0 Å². The Balaban J connectivity index is 2.08. The summed E-state index contributed by atoms with van der Waals surface area (Å²) in [4.78, 5) is 25.1. The molecule has 1 aromatic carbocycles. The molecule has 0 aliphatic rings. The van der Waals surface area contributed by atoms with Gasteiger partial charge in [-0.3, -0.25) is 4.79 Å². The molecule has 0 bridgehead atoms. The fraction of sp³-hybridized carbons (Fsp3) is 0.333. The predicted molar refractivity (Wildman–Crippen MR) is 93.0 cm³/mol. The molecule has 0 aliphatic heterocycles. The van der Waals surface area contributed by atoms with Gasteiger partial charge < -0.3 is 19.2 Å². The van der Waals surface area contributed by atoms with Crippen molar-refractivity contribution >= 4 is 23.5 Å². The zero-order valence-electron chi connectivity index (χ0n) is 14.3. The first-order valence-corrected chi connectivity index (χ1v) is 8.20. The molecule has 0 saturated carbocycles. The van der Waals surface area contributed by atoms with Gasteiger partial charge in [0, 0.05) is 7.05 Å². The maximum absolute atomic E-state index is 12.6. The van der Waals surface area contributed by atoms with E-state index in [2.05, 4.69) is 0 Å². The van der Waals surface area contributed by atoms with Gasteiger partial charge in [0.1, 0.15) is 22.8 Å². The molecular formula is C18H20ClNO5. The summed E-state index contributed by atoms with van der Waals surface area (Å²) in [5.41, 5.74) is 0.0928. The van der Waals surface area contributed by atoms with Crippen molar-refractivity contribution in [1.29, 1.82) is 0 Å². The Hall–Kier alpha value is -2.47. The number of aryl methyl sites for hydroxylation is 1. The van der Waals surface area contributed by atoms with Gasteiger partial charge in [-0.05, 0) is 31.5 Å². The summed E-state index contributed by atoms with van der Waals surface area (Å²) >= 11 is 6.07. The van der Waals surface area contributed by atoms with Gasteiger partial charge in [-0.25, -0.2) is 4.79 Å². The number of amides is 1. The molecule has 25 heavy (non-hydrogen) atoms. The van der Waals surface area contributed by atoms with Crippen LogP contribution in [0.1, 0.15) is 35.2 Å². The predicted octanol–water partition coefficient (Wildman–Crippen LogP) is 3.76. The number of benzene rings is 1. The fourth-order valence-corrected chi connectivity index (χ4v) is 2.57. The smallest absolute Gasteiger partial charge is 0.339 e. The highest BCUT2D eigenvalue weighted by molar-refractivity contribution is 6.32. The quantitative estimate of drug-likeness (QED) is 0.808. The van der Waals surface area contributed by atoms with E-state index in [1.54, 1.807) is 38.2 Å². The molecule has 7 heteroatoms. The molecule has 1 amide bonds. The number of furan rings is 1. The zero-order chi connectivity index (χ0) is 18.6. The second-order valence-electron chi connectivity index (χ2n) is 5.63. The third-order valence-corrected chi connectivity index (χ3v) is 4.03. The van der Waals surface area contributed by atoms with E-state index in [9.17, 15) is 9.59 Å². The number of halogens is 1. The van der Waals surface area contributed by atoms with Crippen molar-refractivity contribution in [3.8, 4) is 5.75 Å². The summed E-state index contributed by atoms with van der Waals surface area (Å²) in [5.74, 6) is -0.149. The lowest BCUT2D eigenvalue weighted by Gasteiger charge is -2.23. The van der Waals surface area contributed by atoms with Crippen LogP contribution in [-0.4, -0.2) is 35.0 Å². The summed E-state index contributed by atoms with van der Waals surface area (Å²) in [7, 11) is 1.61. The minimum Gasteiger partial charge on any atom is -0.479 e. The molecular weight excluding hydrogens is 346 g/mol. The lowest BCUT2D eigenvalue weighted by Crippen LogP contribution is -2.39. The van der Waals surface area contributed by atoms with E-state index in [-0.39, 0.29) is 18.0 Å². The van der Waals surface area contributed by atoms with Gasteiger partial charge in [-0.15, -0.1) is 0 Å². The van der Waals surface area contributed by atoms with Crippen LogP contribution in [0.5, 0.6) is 5.75 Å². The molecule has 2 rings (SSSR count). The Labute approximate surface area is 150 Å². The number of carboxylic acids is 1. The maximum Gasteiger partial charge on any atom is 0.339 e. The molecule has 0 spiro atoms. The number of carbonyl (C=O) groups is 2. The highest BCUT2D eigenvalue weighted by atomic mass is 35.5. The van der Waals surface area contributed by atoms with Crippen LogP contribution < -0.4 is 4.74 Å². The van der Waals surface area contributed by atoms with Crippen LogP contribution in [0.4, 0.5) is 0 Å². The summed E-state index contributed by atoms with van der Waals surface area (Å²) in [6, 6.07) is 8.38. The first kappa shape index (κ1) is 18.9. The van der Waals surface area contributed by atoms with Gasteiger partial charge in [0.15, 0.2) is 6.10 Å². The normalized spacial score (nSPS) is 11.8. The molecule has 0 saturated heterocycles. The lowest BCUT2D eigenvalue weighted by atomic mass is 10.2. The van der Waals surface area contributed by atoms with Crippen molar-refractivity contribution in [3.63, 3.8) is 0 Å². The zero-order valence-corrected chi connectivity index (χ0v) is 15.0. The summed E-state index contributed by atoms with van der Waals surface area (Å²) in [6.45, 7) is 3.56. The molecule has 0 fully saturated rings. The molecule has 6 nitrogen and oxygen atoms in total. The first-order valence-electron chi connectivity index (χ1n) is 7.82. The second kappa shape index (κ2) is 8.07. The molecule has 0 radical (unpaired) electrons. The number of ether oxygens (including phenoxy) is 1. The van der Waals surface area contributed by atoms with Crippen LogP contribution in [0.25, 0.3) is 0 Å². The lowest BCUT2D eigenvalue weighted by molar-refractivity contribution is -0.138. The van der Waals surface area contributed by atoms with Crippen molar-refractivity contribution in [2.45, 2.75) is 32.9 Å². The van der Waals surface area contributed by atoms with E-state index in [0.29, 0.717) is 28.7 Å². The van der Waals surface area contributed by atoms with Gasteiger partial charge in [0.05, 0.1) is 11.6 Å². The number of carboxylic acid groups (broad SMARTS) is 1. The molecule has 1 atom stereocenters. The molecule has 1 unspecified atom stereocenters. The maximum atomic E-state index is 12.6. The summed E-state index contributed by atoms with van der Waals surface area (Å²) in [5, 5.41) is 9.50. The Morgan fingerprint density at radius 1 is 1.36 bits per heavy atom. The van der Waals surface area contributed by atoms with Crippen LogP contribution in [0.3, 0.4) is 0 Å². The average Bonchev–Trinajstić information content (AvgIpc) is 2.94. The van der Waals surface area contributed by atoms with Crippen LogP contribution >= 0.6 is 11.6 Å². The molecule has 1 aromatic heterocycles. The van der Waals surface area contributed by atoms with Crippen LogP contribution in [0.2, 0.25) is 5.02 Å². The van der Waals surface area contributed by atoms with Crippen molar-refractivity contribution in [3.05, 3.63) is 52.4 Å². The first-order chi connectivity index (χ1) is 11.8. The minimum atomic E-state index is -1.06. The molecule has 1 N–H and O–H groups in total. The number of aromatic carboxylic acids is 1. The molecule has 134 valence electrons. The monoisotopic (exact) mass is 365 g/mol. The van der Waals surface area contributed by atoms with Crippen molar-refractivity contribution < 1.29 is 23.8 Å². The topological polar surface area (TPSA) is 80.0 Å². The van der Waals surface area contributed by atoms with E-state index < -0.39 is 12.1 Å². The number of para-hydroxylation sites is 1. The van der Waals surface area contributed by atoms with E-state index in [0.717, 1.165) is 0 Å². The highest BCUT2D eigenvalue weighted by Gasteiger charge is 2.24. The van der Waals surface area contributed by atoms with Crippen molar-refractivity contribution in [1.82, 2.24) is 4.90 Å². The van der Waals surface area contributed by atoms with Crippen LogP contribution in [0, 0.1) is 6.92 Å². The SMILES string of the molecule is CCC(Oc1ccccc1Cl)C(=O)N(C)Cc1cc(C(=O)O)c(C)o1. The Morgan fingerprint density at radius 3 is 2.60 bits per heavy atom. The van der Waals surface area contributed by atoms with Crippen molar-refractivity contribution in [2.24, 2.45) is 0 Å². The highest BCUT2D eigenvalue weighted by Crippen LogP contribution is 2.25. The minimum absolute atomic E-state index is 0.0928. The molecule has 0 aliphatic carbocycles. The Morgan fingerprint density at radius 2 is 2.04 bits per heavy atom. The summed E-state index contributed by atoms with van der Waals surface area (Å²) < 4.78 is 11.1. The second-order valence-corrected chi connectivity index (χ2v) is 6.03. The number of hydrogen-bond acceptors (Lipinski definition) is 4. The van der Waals surface area contributed by atoms with Crippen LogP contribution in [0.15, 0.2) is 34.7 Å². The number of nitrogens with zero attached hydrogens (tertiary/aromatic N) is 1. The fourth-order valence-electron chi connectivity index (χ4n) is 2.39. The van der Waals surface area contributed by atoms with Crippen LogP contribution in [-0.2, 0) is 11.3 Å². The van der Waals surface area contributed by atoms with E-state index in [1.807, 2.05) is 6.92 Å². The van der Waals surface area contributed by atoms with Gasteiger partial charge in [0.25, 0.3) is 5.91 Å². The summed E-state index contributed by atoms with van der Waals surface area (Å²) in [6.07, 6.45) is -0.230. The van der Waals surface area contributed by atoms with E-state index in [4.69, 9.17) is 25.9 Å². The third-order valence-electron chi connectivity index (χ3n) is 3.72. The van der Waals surface area contributed by atoms with Gasteiger partial charge >= 0.3 is 5.97 Å². The molecule has 2 aromatic rings. The van der Waals surface area contributed by atoms with Gasteiger partial charge in [-0.1, -0.05) is 30.7 Å². The van der Waals surface area contributed by atoms with Gasteiger partial charge in [0.2, 0.25) is 0 Å². The Kier molecular flexibility index (Phi) is 6.09.